The van der Waals surface area contributed by atoms with E-state index in [1.165, 1.54) is 0 Å². The molecule has 0 unspecified atom stereocenters. The lowest BCUT2D eigenvalue weighted by Gasteiger charge is -2.05. The van der Waals surface area contributed by atoms with Crippen LogP contribution < -0.4 is 10.3 Å². The fraction of sp³-hybridized carbons (Fsp3) is 0.154. The van der Waals surface area contributed by atoms with Gasteiger partial charge in [0.2, 0.25) is 5.56 Å². The molecule has 1 heterocycles. The quantitative estimate of drug-likeness (QED) is 0.848. The monoisotopic (exact) mass is 247 g/mol. The van der Waals surface area contributed by atoms with Crippen LogP contribution >= 0.6 is 11.8 Å². The third kappa shape index (κ3) is 2.71. The molecular formula is C13H13NO2S. The van der Waals surface area contributed by atoms with Crippen LogP contribution in [-0.2, 0) is 0 Å². The summed E-state index contributed by atoms with van der Waals surface area (Å²) in [6.07, 6.45) is 1.95. The van der Waals surface area contributed by atoms with Gasteiger partial charge in [0.05, 0.1) is 7.11 Å². The van der Waals surface area contributed by atoms with E-state index in [4.69, 9.17) is 4.74 Å². The fourth-order valence-electron chi connectivity index (χ4n) is 1.56. The normalized spacial score (nSPS) is 10.2. The topological polar surface area (TPSA) is 42.1 Å². The zero-order valence-corrected chi connectivity index (χ0v) is 10.5. The van der Waals surface area contributed by atoms with Gasteiger partial charge >= 0.3 is 0 Å². The van der Waals surface area contributed by atoms with Gasteiger partial charge in [-0.25, -0.2) is 0 Å². The Kier molecular flexibility index (Phi) is 3.54. The van der Waals surface area contributed by atoms with Crippen LogP contribution in [0, 0.1) is 0 Å². The SMILES string of the molecule is COc1ccc(-c2cc(SC)cc(=O)[nH]2)cc1. The molecule has 0 aliphatic carbocycles. The summed E-state index contributed by atoms with van der Waals surface area (Å²) in [7, 11) is 1.63. The Labute approximate surface area is 104 Å². The van der Waals surface area contributed by atoms with Gasteiger partial charge in [-0.3, -0.25) is 4.79 Å². The number of aromatic amines is 1. The molecule has 0 saturated carbocycles. The van der Waals surface area contributed by atoms with Crippen molar-refractivity contribution >= 4 is 11.8 Å². The Morgan fingerprint density at radius 3 is 2.47 bits per heavy atom. The molecule has 0 bridgehead atoms. The Morgan fingerprint density at radius 1 is 1.18 bits per heavy atom. The van der Waals surface area contributed by atoms with Crippen molar-refractivity contribution in [1.82, 2.24) is 4.98 Å². The highest BCUT2D eigenvalue weighted by Gasteiger charge is 2.02. The standard InChI is InChI=1S/C13H13NO2S/c1-16-10-5-3-9(4-6-10)12-7-11(17-2)8-13(15)14-12/h3-8H,1-2H3,(H,14,15). The molecule has 0 spiro atoms. The lowest BCUT2D eigenvalue weighted by atomic mass is 10.1. The van der Waals surface area contributed by atoms with Crippen LogP contribution in [0.2, 0.25) is 0 Å². The number of aromatic nitrogens is 1. The Morgan fingerprint density at radius 2 is 1.88 bits per heavy atom. The zero-order valence-electron chi connectivity index (χ0n) is 9.69. The van der Waals surface area contributed by atoms with Crippen LogP contribution in [0.3, 0.4) is 0 Å². The van der Waals surface area contributed by atoms with Gasteiger partial charge in [-0.15, -0.1) is 11.8 Å². The van der Waals surface area contributed by atoms with E-state index in [-0.39, 0.29) is 5.56 Å². The van der Waals surface area contributed by atoms with Crippen LogP contribution in [0.5, 0.6) is 5.75 Å². The molecule has 0 aliphatic heterocycles. The fourth-order valence-corrected chi connectivity index (χ4v) is 2.02. The molecule has 1 aromatic heterocycles. The maximum atomic E-state index is 11.5. The summed E-state index contributed by atoms with van der Waals surface area (Å²) in [4.78, 5) is 15.3. The molecule has 0 saturated heterocycles. The third-order valence-electron chi connectivity index (χ3n) is 2.45. The number of thioether (sulfide) groups is 1. The molecule has 2 rings (SSSR count). The number of methoxy groups -OCH3 is 1. The van der Waals surface area contributed by atoms with E-state index in [0.717, 1.165) is 21.9 Å². The molecule has 3 nitrogen and oxygen atoms in total. The molecule has 0 fully saturated rings. The predicted octanol–water partition coefficient (Wildman–Crippen LogP) is 2.77. The summed E-state index contributed by atoms with van der Waals surface area (Å²) in [6.45, 7) is 0. The maximum absolute atomic E-state index is 11.5. The first kappa shape index (κ1) is 11.8. The van der Waals surface area contributed by atoms with E-state index >= 15 is 0 Å². The highest BCUT2D eigenvalue weighted by molar-refractivity contribution is 7.98. The lowest BCUT2D eigenvalue weighted by molar-refractivity contribution is 0.415. The highest BCUT2D eigenvalue weighted by Crippen LogP contribution is 2.22. The minimum atomic E-state index is -0.0809. The van der Waals surface area contributed by atoms with Gasteiger partial charge in [0.1, 0.15) is 5.75 Å². The predicted molar refractivity (Wildman–Crippen MR) is 70.8 cm³/mol. The van der Waals surface area contributed by atoms with Crippen molar-refractivity contribution in [3.8, 4) is 17.0 Å². The number of benzene rings is 1. The van der Waals surface area contributed by atoms with Crippen LogP contribution in [-0.4, -0.2) is 18.3 Å². The summed E-state index contributed by atoms with van der Waals surface area (Å²) >= 11 is 1.55. The van der Waals surface area contributed by atoms with Gasteiger partial charge in [0.15, 0.2) is 0 Å². The molecule has 88 valence electrons. The van der Waals surface area contributed by atoms with Crippen LogP contribution in [0.4, 0.5) is 0 Å². The van der Waals surface area contributed by atoms with Gasteiger partial charge in [0.25, 0.3) is 0 Å². The largest absolute Gasteiger partial charge is 0.497 e. The Bertz CT molecular complexity index is 560. The molecular weight excluding hydrogens is 234 g/mol. The second kappa shape index (κ2) is 5.10. The molecule has 0 amide bonds. The third-order valence-corrected chi connectivity index (χ3v) is 3.16. The molecule has 0 atom stereocenters. The van der Waals surface area contributed by atoms with Crippen molar-refractivity contribution in [2.24, 2.45) is 0 Å². The van der Waals surface area contributed by atoms with Crippen molar-refractivity contribution in [3.63, 3.8) is 0 Å². The molecule has 0 aliphatic rings. The first-order valence-corrected chi connectivity index (χ1v) is 6.38. The van der Waals surface area contributed by atoms with E-state index < -0.39 is 0 Å². The first-order chi connectivity index (χ1) is 8.22. The number of pyridine rings is 1. The lowest BCUT2D eigenvalue weighted by Crippen LogP contribution is -2.05. The van der Waals surface area contributed by atoms with E-state index in [2.05, 4.69) is 4.98 Å². The molecule has 0 radical (unpaired) electrons. The molecule has 1 aromatic carbocycles. The minimum absolute atomic E-state index is 0.0809. The number of H-pyrrole nitrogens is 1. The minimum Gasteiger partial charge on any atom is -0.497 e. The number of rotatable bonds is 3. The second-order valence-corrected chi connectivity index (χ2v) is 4.41. The van der Waals surface area contributed by atoms with Crippen molar-refractivity contribution in [3.05, 3.63) is 46.8 Å². The molecule has 4 heteroatoms. The van der Waals surface area contributed by atoms with Gasteiger partial charge in [-0.2, -0.15) is 0 Å². The number of hydrogen-bond acceptors (Lipinski definition) is 3. The van der Waals surface area contributed by atoms with Crippen molar-refractivity contribution in [2.75, 3.05) is 13.4 Å². The van der Waals surface area contributed by atoms with E-state index in [9.17, 15) is 4.79 Å². The van der Waals surface area contributed by atoms with Gasteiger partial charge in [-0.1, -0.05) is 0 Å². The second-order valence-electron chi connectivity index (χ2n) is 3.53. The van der Waals surface area contributed by atoms with Crippen LogP contribution in [0.25, 0.3) is 11.3 Å². The van der Waals surface area contributed by atoms with Gasteiger partial charge in [-0.05, 0) is 42.2 Å². The van der Waals surface area contributed by atoms with Crippen molar-refractivity contribution < 1.29 is 4.74 Å². The first-order valence-electron chi connectivity index (χ1n) is 5.15. The maximum Gasteiger partial charge on any atom is 0.249 e. The molecule has 1 N–H and O–H groups in total. The number of hydrogen-bond donors (Lipinski definition) is 1. The van der Waals surface area contributed by atoms with Gasteiger partial charge < -0.3 is 9.72 Å². The summed E-state index contributed by atoms with van der Waals surface area (Å²) in [5.41, 5.74) is 1.71. The summed E-state index contributed by atoms with van der Waals surface area (Å²) < 4.78 is 5.10. The van der Waals surface area contributed by atoms with Crippen LogP contribution in [0.1, 0.15) is 0 Å². The van der Waals surface area contributed by atoms with Crippen LogP contribution in [0.15, 0.2) is 46.1 Å². The molecule has 2 aromatic rings. The van der Waals surface area contributed by atoms with E-state index in [1.807, 2.05) is 36.6 Å². The number of ether oxygens (including phenoxy) is 1. The highest BCUT2D eigenvalue weighted by atomic mass is 32.2. The van der Waals surface area contributed by atoms with E-state index in [1.54, 1.807) is 24.9 Å². The summed E-state index contributed by atoms with van der Waals surface area (Å²) in [6, 6.07) is 11.2. The summed E-state index contributed by atoms with van der Waals surface area (Å²) in [5.74, 6) is 0.803. The average Bonchev–Trinajstić information content (AvgIpc) is 2.38. The van der Waals surface area contributed by atoms with Crippen molar-refractivity contribution in [1.29, 1.82) is 0 Å². The Balaban J connectivity index is 2.44. The summed E-state index contributed by atoms with van der Waals surface area (Å²) in [5, 5.41) is 0. The average molecular weight is 247 g/mol. The smallest absolute Gasteiger partial charge is 0.249 e. The molecule has 17 heavy (non-hydrogen) atoms. The zero-order chi connectivity index (χ0) is 12.3. The Hall–Kier alpha value is -1.68. The van der Waals surface area contributed by atoms with Gasteiger partial charge in [0, 0.05) is 16.7 Å². The van der Waals surface area contributed by atoms with Crippen molar-refractivity contribution in [2.45, 2.75) is 4.90 Å². The van der Waals surface area contributed by atoms with E-state index in [0.29, 0.717) is 0 Å². The number of nitrogens with one attached hydrogen (secondary N) is 1.